The van der Waals surface area contributed by atoms with Crippen LogP contribution in [0.1, 0.15) is 48.3 Å². The minimum Gasteiger partial charge on any atom is -0.508 e. The number of phenols is 1. The number of phenolic OH excluding ortho intramolecular Hbond substituents is 1. The van der Waals surface area contributed by atoms with Crippen LogP contribution in [0.15, 0.2) is 42.5 Å². The molecular formula is C23H22F3NO5. The number of hydrogen-bond donors (Lipinski definition) is 1. The quantitative estimate of drug-likeness (QED) is 0.535. The molecule has 0 radical (unpaired) electrons. The van der Waals surface area contributed by atoms with E-state index in [1.165, 1.54) is 28.8 Å². The van der Waals surface area contributed by atoms with Gasteiger partial charge < -0.3 is 14.6 Å². The van der Waals surface area contributed by atoms with Gasteiger partial charge in [0.1, 0.15) is 11.5 Å². The monoisotopic (exact) mass is 449 g/mol. The van der Waals surface area contributed by atoms with Crippen LogP contribution in [0.4, 0.5) is 13.2 Å². The van der Waals surface area contributed by atoms with E-state index in [0.29, 0.717) is 22.2 Å². The van der Waals surface area contributed by atoms with E-state index in [1.807, 2.05) is 0 Å². The van der Waals surface area contributed by atoms with Crippen LogP contribution < -0.4 is 4.74 Å². The van der Waals surface area contributed by atoms with Gasteiger partial charge in [-0.1, -0.05) is 0 Å². The number of fused-ring (bicyclic) bond motifs is 1. The van der Waals surface area contributed by atoms with Crippen LogP contribution in [0.3, 0.4) is 0 Å². The summed E-state index contributed by atoms with van der Waals surface area (Å²) in [7, 11) is 0. The number of ether oxygens (including phenoxy) is 2. The number of aromatic hydroxyl groups is 1. The lowest BCUT2D eigenvalue weighted by atomic mass is 9.98. The Morgan fingerprint density at radius 1 is 1.03 bits per heavy atom. The first kappa shape index (κ1) is 23.2. The molecule has 0 spiro atoms. The average Bonchev–Trinajstić information content (AvgIpc) is 2.96. The lowest BCUT2D eigenvalue weighted by molar-refractivity contribution is -0.274. The average molecular weight is 449 g/mol. The maximum atomic E-state index is 13.3. The molecular weight excluding hydrogens is 427 g/mol. The number of carbonyl (C=O) groups excluding carboxylic acids is 2. The van der Waals surface area contributed by atoms with E-state index in [9.17, 15) is 27.9 Å². The predicted octanol–water partition coefficient (Wildman–Crippen LogP) is 5.30. The summed E-state index contributed by atoms with van der Waals surface area (Å²) in [6.45, 7) is 6.75. The first-order valence-corrected chi connectivity index (χ1v) is 9.84. The van der Waals surface area contributed by atoms with Crippen molar-refractivity contribution in [1.82, 2.24) is 4.57 Å². The van der Waals surface area contributed by atoms with E-state index in [0.717, 1.165) is 12.1 Å². The highest BCUT2D eigenvalue weighted by molar-refractivity contribution is 6.05. The van der Waals surface area contributed by atoms with Crippen molar-refractivity contribution in [2.45, 2.75) is 46.1 Å². The molecule has 0 fully saturated rings. The van der Waals surface area contributed by atoms with E-state index in [-0.39, 0.29) is 17.4 Å². The second kappa shape index (κ2) is 8.57. The van der Waals surface area contributed by atoms with Crippen molar-refractivity contribution in [1.29, 1.82) is 0 Å². The molecule has 0 amide bonds. The van der Waals surface area contributed by atoms with Crippen LogP contribution in [0.5, 0.6) is 11.5 Å². The summed E-state index contributed by atoms with van der Waals surface area (Å²) < 4.78 is 47.7. The van der Waals surface area contributed by atoms with Crippen LogP contribution in [-0.2, 0) is 9.53 Å². The van der Waals surface area contributed by atoms with Crippen molar-refractivity contribution in [3.05, 3.63) is 59.3 Å². The van der Waals surface area contributed by atoms with Gasteiger partial charge in [-0.05, 0) is 75.7 Å². The fraction of sp³-hybridized carbons (Fsp3) is 0.304. The molecule has 3 aromatic rings. The molecule has 1 N–H and O–H groups in total. The van der Waals surface area contributed by atoms with Gasteiger partial charge in [-0.25, -0.2) is 0 Å². The number of aromatic nitrogens is 1. The van der Waals surface area contributed by atoms with Gasteiger partial charge in [0.15, 0.2) is 0 Å². The first-order valence-electron chi connectivity index (χ1n) is 9.84. The zero-order valence-electron chi connectivity index (χ0n) is 17.9. The third kappa shape index (κ3) is 4.71. The Bertz CT molecular complexity index is 1160. The molecule has 0 aliphatic rings. The number of rotatable bonds is 5. The van der Waals surface area contributed by atoms with Crippen LogP contribution >= 0.6 is 0 Å². The molecule has 0 bridgehead atoms. The van der Waals surface area contributed by atoms with E-state index in [4.69, 9.17) is 4.74 Å². The fourth-order valence-corrected chi connectivity index (χ4v) is 3.62. The van der Waals surface area contributed by atoms with Crippen LogP contribution in [0.2, 0.25) is 0 Å². The third-order valence-electron chi connectivity index (χ3n) is 4.91. The largest absolute Gasteiger partial charge is 0.573 e. The van der Waals surface area contributed by atoms with Crippen LogP contribution in [-0.4, -0.2) is 34.0 Å². The smallest absolute Gasteiger partial charge is 0.508 e. The summed E-state index contributed by atoms with van der Waals surface area (Å²) in [6.07, 6.45) is -5.16. The maximum absolute atomic E-state index is 13.3. The Balaban J connectivity index is 2.08. The standard InChI is InChI=1S/C23H22F3NO5/c1-12(2)31-22(30)13(3)20-14(4)27(19-10-7-16(28)11-18(19)20)21(29)15-5-8-17(9-6-15)32-23(24,25)26/h5-13,28H,1-4H3/t13-/m1/s1. The zero-order chi connectivity index (χ0) is 23.8. The summed E-state index contributed by atoms with van der Waals surface area (Å²) in [5.74, 6) is -2.20. The van der Waals surface area contributed by atoms with Crippen molar-refractivity contribution in [3.63, 3.8) is 0 Å². The topological polar surface area (TPSA) is 77.8 Å². The SMILES string of the molecule is Cc1c([C@@H](C)C(=O)OC(C)C)c2cc(O)ccc2n1C(=O)c1ccc(OC(F)(F)F)cc1. The first-order chi connectivity index (χ1) is 14.9. The molecule has 1 atom stereocenters. The summed E-state index contributed by atoms with van der Waals surface area (Å²) in [6, 6.07) is 8.97. The lowest BCUT2D eigenvalue weighted by Gasteiger charge is -2.15. The number of benzene rings is 2. The molecule has 170 valence electrons. The highest BCUT2D eigenvalue weighted by Gasteiger charge is 2.31. The van der Waals surface area contributed by atoms with Gasteiger partial charge in [0, 0.05) is 16.6 Å². The number of nitrogens with zero attached hydrogens (tertiary/aromatic N) is 1. The van der Waals surface area contributed by atoms with Gasteiger partial charge in [-0.15, -0.1) is 13.2 Å². The van der Waals surface area contributed by atoms with Crippen LogP contribution in [0.25, 0.3) is 10.9 Å². The molecule has 1 aromatic heterocycles. The summed E-state index contributed by atoms with van der Waals surface area (Å²) in [5, 5.41) is 10.5. The van der Waals surface area contributed by atoms with E-state index < -0.39 is 29.9 Å². The minimum atomic E-state index is -4.84. The normalized spacial score (nSPS) is 12.8. The molecule has 2 aromatic carbocycles. The molecule has 6 nitrogen and oxygen atoms in total. The van der Waals surface area contributed by atoms with Crippen molar-refractivity contribution >= 4 is 22.8 Å². The Labute approximate surface area is 182 Å². The third-order valence-corrected chi connectivity index (χ3v) is 4.91. The highest BCUT2D eigenvalue weighted by atomic mass is 19.4. The van der Waals surface area contributed by atoms with Gasteiger partial charge in [-0.2, -0.15) is 0 Å². The summed E-state index contributed by atoms with van der Waals surface area (Å²) >= 11 is 0. The summed E-state index contributed by atoms with van der Waals surface area (Å²) in [5.41, 5.74) is 1.54. The molecule has 0 saturated carbocycles. The van der Waals surface area contributed by atoms with E-state index >= 15 is 0 Å². The number of carbonyl (C=O) groups is 2. The van der Waals surface area contributed by atoms with E-state index in [1.54, 1.807) is 33.8 Å². The minimum absolute atomic E-state index is 0.0403. The van der Waals surface area contributed by atoms with Crippen molar-refractivity contribution in [2.24, 2.45) is 0 Å². The Morgan fingerprint density at radius 3 is 2.22 bits per heavy atom. The Kier molecular flexibility index (Phi) is 6.20. The van der Waals surface area contributed by atoms with Gasteiger partial charge in [0.05, 0.1) is 17.5 Å². The molecule has 0 aliphatic heterocycles. The molecule has 0 saturated heterocycles. The predicted molar refractivity (Wildman–Crippen MR) is 111 cm³/mol. The highest BCUT2D eigenvalue weighted by Crippen LogP contribution is 2.35. The molecule has 1 heterocycles. The van der Waals surface area contributed by atoms with Crippen molar-refractivity contribution in [2.75, 3.05) is 0 Å². The molecule has 0 unspecified atom stereocenters. The lowest BCUT2D eigenvalue weighted by Crippen LogP contribution is -2.19. The van der Waals surface area contributed by atoms with Gasteiger partial charge >= 0.3 is 12.3 Å². The van der Waals surface area contributed by atoms with E-state index in [2.05, 4.69) is 4.74 Å². The molecule has 32 heavy (non-hydrogen) atoms. The molecule has 0 aliphatic carbocycles. The molecule has 3 rings (SSSR count). The number of esters is 1. The van der Waals surface area contributed by atoms with Crippen LogP contribution in [0, 0.1) is 6.92 Å². The van der Waals surface area contributed by atoms with Gasteiger partial charge in [0.25, 0.3) is 5.91 Å². The number of hydrogen-bond acceptors (Lipinski definition) is 5. The summed E-state index contributed by atoms with van der Waals surface area (Å²) in [4.78, 5) is 25.8. The Morgan fingerprint density at radius 2 is 1.66 bits per heavy atom. The van der Waals surface area contributed by atoms with Gasteiger partial charge in [0.2, 0.25) is 0 Å². The fourth-order valence-electron chi connectivity index (χ4n) is 3.62. The van der Waals surface area contributed by atoms with Crippen molar-refractivity contribution < 1.29 is 37.3 Å². The maximum Gasteiger partial charge on any atom is 0.573 e. The second-order valence-corrected chi connectivity index (χ2v) is 7.62. The van der Waals surface area contributed by atoms with Crippen molar-refractivity contribution in [3.8, 4) is 11.5 Å². The second-order valence-electron chi connectivity index (χ2n) is 7.62. The Hall–Kier alpha value is -3.49. The number of halogens is 3. The zero-order valence-corrected chi connectivity index (χ0v) is 17.9. The number of alkyl halides is 3. The molecule has 9 heteroatoms. The van der Waals surface area contributed by atoms with Gasteiger partial charge in [-0.3, -0.25) is 14.2 Å².